The van der Waals surface area contributed by atoms with Crippen molar-refractivity contribution in [3.05, 3.63) is 35.9 Å². The molecule has 11 heavy (non-hydrogen) atoms. The smallest absolute Gasteiger partial charge is 0.0636 e. The molecule has 0 unspecified atom stereocenters. The lowest BCUT2D eigenvalue weighted by atomic mass is 10.2. The summed E-state index contributed by atoms with van der Waals surface area (Å²) in [4.78, 5) is 4.11. The van der Waals surface area contributed by atoms with E-state index in [1.807, 2.05) is 30.3 Å². The van der Waals surface area contributed by atoms with Crippen molar-refractivity contribution in [1.82, 2.24) is 0 Å². The highest BCUT2D eigenvalue weighted by atomic mass is 14.7. The Kier molecular flexibility index (Phi) is 3.35. The van der Waals surface area contributed by atoms with Gasteiger partial charge in [-0.05, 0) is 5.56 Å². The lowest BCUT2D eigenvalue weighted by Crippen LogP contribution is -1.99. The predicted molar refractivity (Wildman–Crippen MR) is 47.7 cm³/mol. The van der Waals surface area contributed by atoms with E-state index in [1.54, 1.807) is 6.21 Å². The number of hydrogen-bond acceptors (Lipinski definition) is 2. The predicted octanol–water partition coefficient (Wildman–Crippen LogP) is 1.22. The van der Waals surface area contributed by atoms with Crippen LogP contribution in [0.5, 0.6) is 0 Å². The maximum Gasteiger partial charge on any atom is 0.0636 e. The van der Waals surface area contributed by atoms with E-state index in [-0.39, 0.29) is 0 Å². The summed E-state index contributed by atoms with van der Waals surface area (Å²) in [6.45, 7) is 1.25. The molecule has 0 radical (unpaired) electrons. The summed E-state index contributed by atoms with van der Waals surface area (Å²) < 4.78 is 0. The number of hydrogen-bond donors (Lipinski definition) is 1. The van der Waals surface area contributed by atoms with Crippen LogP contribution in [0.2, 0.25) is 0 Å². The van der Waals surface area contributed by atoms with Gasteiger partial charge in [-0.2, -0.15) is 0 Å². The van der Waals surface area contributed by atoms with E-state index in [1.165, 1.54) is 5.56 Å². The summed E-state index contributed by atoms with van der Waals surface area (Å²) in [5, 5.41) is 0. The van der Waals surface area contributed by atoms with Crippen molar-refractivity contribution in [2.75, 3.05) is 6.54 Å². The molecule has 1 aromatic carbocycles. The van der Waals surface area contributed by atoms with Gasteiger partial charge in [-0.3, -0.25) is 4.99 Å². The quantitative estimate of drug-likeness (QED) is 0.643. The molecule has 0 atom stereocenters. The van der Waals surface area contributed by atoms with Crippen LogP contribution >= 0.6 is 0 Å². The van der Waals surface area contributed by atoms with Crippen LogP contribution in [0.25, 0.3) is 0 Å². The Bertz CT molecular complexity index is 216. The van der Waals surface area contributed by atoms with E-state index >= 15 is 0 Å². The maximum atomic E-state index is 5.24. The Morgan fingerprint density at radius 2 is 2.00 bits per heavy atom. The van der Waals surface area contributed by atoms with Crippen LogP contribution in [-0.4, -0.2) is 12.8 Å². The van der Waals surface area contributed by atoms with Gasteiger partial charge in [0.05, 0.1) is 6.54 Å². The standard InChI is InChI=1S/C9H12N2/c10-6-7-11-8-9-4-2-1-3-5-9/h1-5,7H,6,8,10H2. The normalized spacial score (nSPS) is 10.6. The summed E-state index contributed by atoms with van der Waals surface area (Å²) in [6.07, 6.45) is 1.73. The number of benzene rings is 1. The number of nitrogens with two attached hydrogens (primary N) is 1. The van der Waals surface area contributed by atoms with Gasteiger partial charge >= 0.3 is 0 Å². The van der Waals surface area contributed by atoms with Gasteiger partial charge in [-0.25, -0.2) is 0 Å². The molecule has 0 bridgehead atoms. The van der Waals surface area contributed by atoms with Crippen LogP contribution in [-0.2, 0) is 6.54 Å². The van der Waals surface area contributed by atoms with Crippen molar-refractivity contribution in [1.29, 1.82) is 0 Å². The molecular formula is C9H12N2. The van der Waals surface area contributed by atoms with E-state index in [0.29, 0.717) is 6.54 Å². The van der Waals surface area contributed by atoms with E-state index in [2.05, 4.69) is 4.99 Å². The van der Waals surface area contributed by atoms with E-state index in [0.717, 1.165) is 6.54 Å². The van der Waals surface area contributed by atoms with Crippen molar-refractivity contribution in [3.63, 3.8) is 0 Å². The summed E-state index contributed by atoms with van der Waals surface area (Å²) >= 11 is 0. The van der Waals surface area contributed by atoms with E-state index in [9.17, 15) is 0 Å². The van der Waals surface area contributed by atoms with Crippen molar-refractivity contribution in [3.8, 4) is 0 Å². The first-order chi connectivity index (χ1) is 5.43. The Morgan fingerprint density at radius 3 is 2.64 bits per heavy atom. The fourth-order valence-corrected chi connectivity index (χ4v) is 0.828. The minimum Gasteiger partial charge on any atom is -0.326 e. The average Bonchev–Trinajstić information content (AvgIpc) is 2.07. The van der Waals surface area contributed by atoms with Crippen molar-refractivity contribution < 1.29 is 0 Å². The molecule has 0 aromatic heterocycles. The van der Waals surface area contributed by atoms with Gasteiger partial charge in [0.1, 0.15) is 0 Å². The first kappa shape index (κ1) is 7.95. The molecule has 2 N–H and O–H groups in total. The highest BCUT2D eigenvalue weighted by Crippen LogP contribution is 1.98. The minimum absolute atomic E-state index is 0.521. The summed E-state index contributed by atoms with van der Waals surface area (Å²) in [7, 11) is 0. The highest BCUT2D eigenvalue weighted by Gasteiger charge is 1.84. The second-order valence-electron chi connectivity index (χ2n) is 2.24. The van der Waals surface area contributed by atoms with Gasteiger partial charge in [0.25, 0.3) is 0 Å². The second kappa shape index (κ2) is 4.63. The third kappa shape index (κ3) is 2.96. The lowest BCUT2D eigenvalue weighted by Gasteiger charge is -1.92. The molecule has 0 amide bonds. The van der Waals surface area contributed by atoms with Crippen LogP contribution < -0.4 is 5.73 Å². The van der Waals surface area contributed by atoms with Gasteiger partial charge in [0.15, 0.2) is 0 Å². The summed E-state index contributed by atoms with van der Waals surface area (Å²) in [6, 6.07) is 10.1. The minimum atomic E-state index is 0.521. The molecule has 2 heteroatoms. The van der Waals surface area contributed by atoms with Crippen LogP contribution in [0.15, 0.2) is 35.3 Å². The first-order valence-corrected chi connectivity index (χ1v) is 3.66. The Morgan fingerprint density at radius 1 is 1.27 bits per heavy atom. The molecule has 0 aliphatic carbocycles. The Labute approximate surface area is 66.8 Å². The van der Waals surface area contributed by atoms with Crippen molar-refractivity contribution in [2.24, 2.45) is 10.7 Å². The molecule has 0 aliphatic rings. The fraction of sp³-hybridized carbons (Fsp3) is 0.222. The molecule has 0 spiro atoms. The molecule has 0 saturated heterocycles. The Balaban J connectivity index is 2.45. The molecule has 58 valence electrons. The molecular weight excluding hydrogens is 136 g/mol. The van der Waals surface area contributed by atoms with Gasteiger partial charge in [-0.1, -0.05) is 30.3 Å². The fourth-order valence-electron chi connectivity index (χ4n) is 0.828. The summed E-state index contributed by atoms with van der Waals surface area (Å²) in [5.41, 5.74) is 6.46. The van der Waals surface area contributed by atoms with Crippen molar-refractivity contribution in [2.45, 2.75) is 6.54 Å². The zero-order valence-electron chi connectivity index (χ0n) is 6.40. The summed E-state index contributed by atoms with van der Waals surface area (Å²) in [5.74, 6) is 0. The maximum absolute atomic E-state index is 5.24. The molecule has 0 aliphatic heterocycles. The molecule has 0 saturated carbocycles. The highest BCUT2D eigenvalue weighted by molar-refractivity contribution is 5.59. The zero-order valence-corrected chi connectivity index (χ0v) is 6.40. The van der Waals surface area contributed by atoms with Gasteiger partial charge in [0.2, 0.25) is 0 Å². The third-order valence-corrected chi connectivity index (χ3v) is 1.35. The molecule has 0 fully saturated rings. The van der Waals surface area contributed by atoms with Crippen LogP contribution in [0.4, 0.5) is 0 Å². The molecule has 2 nitrogen and oxygen atoms in total. The number of aliphatic imine (C=N–C) groups is 1. The van der Waals surface area contributed by atoms with Crippen molar-refractivity contribution >= 4 is 6.21 Å². The van der Waals surface area contributed by atoms with E-state index < -0.39 is 0 Å². The number of nitrogens with zero attached hydrogens (tertiary/aromatic N) is 1. The topological polar surface area (TPSA) is 38.4 Å². The third-order valence-electron chi connectivity index (χ3n) is 1.35. The molecule has 1 aromatic rings. The lowest BCUT2D eigenvalue weighted by molar-refractivity contribution is 1.07. The SMILES string of the molecule is NCC=NCc1ccccc1. The first-order valence-electron chi connectivity index (χ1n) is 3.66. The second-order valence-corrected chi connectivity index (χ2v) is 2.24. The largest absolute Gasteiger partial charge is 0.326 e. The van der Waals surface area contributed by atoms with Gasteiger partial charge < -0.3 is 5.73 Å². The van der Waals surface area contributed by atoms with Gasteiger partial charge in [-0.15, -0.1) is 0 Å². The van der Waals surface area contributed by atoms with E-state index in [4.69, 9.17) is 5.73 Å². The van der Waals surface area contributed by atoms with Gasteiger partial charge in [0, 0.05) is 12.8 Å². The van der Waals surface area contributed by atoms with Crippen LogP contribution in [0.1, 0.15) is 5.56 Å². The molecule has 0 heterocycles. The number of rotatable bonds is 3. The molecule has 1 rings (SSSR count). The monoisotopic (exact) mass is 148 g/mol. The van der Waals surface area contributed by atoms with Crippen LogP contribution in [0.3, 0.4) is 0 Å². The Hall–Kier alpha value is -1.15. The van der Waals surface area contributed by atoms with Crippen LogP contribution in [0, 0.1) is 0 Å². The average molecular weight is 148 g/mol. The zero-order chi connectivity index (χ0) is 7.94.